The van der Waals surface area contributed by atoms with Crippen molar-refractivity contribution in [3.8, 4) is 5.69 Å². The predicted octanol–water partition coefficient (Wildman–Crippen LogP) is 3.61. The van der Waals surface area contributed by atoms with Gasteiger partial charge in [0.15, 0.2) is 0 Å². The fourth-order valence-electron chi connectivity index (χ4n) is 3.80. The van der Waals surface area contributed by atoms with Crippen LogP contribution in [-0.4, -0.2) is 25.5 Å². The van der Waals surface area contributed by atoms with Gasteiger partial charge in [-0.3, -0.25) is 4.68 Å². The summed E-state index contributed by atoms with van der Waals surface area (Å²) in [6.45, 7) is 3.98. The second-order valence-electron chi connectivity index (χ2n) is 7.26. The second kappa shape index (κ2) is 7.66. The summed E-state index contributed by atoms with van der Waals surface area (Å²) in [7, 11) is 1.87. The van der Waals surface area contributed by atoms with E-state index in [1.165, 1.54) is 18.2 Å². The predicted molar refractivity (Wildman–Crippen MR) is 107 cm³/mol. The lowest BCUT2D eigenvalue weighted by Crippen LogP contribution is -2.05. The van der Waals surface area contributed by atoms with Crippen molar-refractivity contribution < 1.29 is 13.9 Å². The van der Waals surface area contributed by atoms with Crippen LogP contribution in [0.1, 0.15) is 40.3 Å². The largest absolute Gasteiger partial charge is 0.456 e. The smallest absolute Gasteiger partial charge is 0.331 e. The molecule has 0 saturated carbocycles. The molecule has 0 atom stereocenters. The zero-order valence-corrected chi connectivity index (χ0v) is 16.8. The summed E-state index contributed by atoms with van der Waals surface area (Å²) in [4.78, 5) is 12.2. The Morgan fingerprint density at radius 2 is 1.97 bits per heavy atom. The van der Waals surface area contributed by atoms with Crippen molar-refractivity contribution in [2.24, 2.45) is 7.05 Å². The van der Waals surface area contributed by atoms with E-state index in [1.54, 1.807) is 22.9 Å². The highest BCUT2D eigenvalue weighted by molar-refractivity contribution is 5.87. The first-order valence-electron chi connectivity index (χ1n) is 9.64. The maximum Gasteiger partial charge on any atom is 0.331 e. The average Bonchev–Trinajstić information content (AvgIpc) is 3.36. The lowest BCUT2D eigenvalue weighted by molar-refractivity contribution is -0.139. The number of benzene rings is 1. The molecule has 0 N–H and O–H groups in total. The molecule has 0 amide bonds. The fraction of sp³-hybridized carbons (Fsp3) is 0.318. The fourth-order valence-corrected chi connectivity index (χ4v) is 3.80. The van der Waals surface area contributed by atoms with E-state index in [4.69, 9.17) is 4.74 Å². The number of aromatic nitrogens is 4. The number of nitrogens with zero attached hydrogens (tertiary/aromatic N) is 4. The third kappa shape index (κ3) is 3.72. The molecule has 3 aromatic rings. The summed E-state index contributed by atoms with van der Waals surface area (Å²) in [5, 5.41) is 8.97. The Labute approximate surface area is 168 Å². The van der Waals surface area contributed by atoms with Crippen LogP contribution in [-0.2, 0) is 36.0 Å². The van der Waals surface area contributed by atoms with Crippen molar-refractivity contribution in [3.05, 3.63) is 70.1 Å². The Kier molecular flexibility index (Phi) is 5.05. The van der Waals surface area contributed by atoms with Gasteiger partial charge in [-0.05, 0) is 63.5 Å². The van der Waals surface area contributed by atoms with Crippen molar-refractivity contribution in [3.63, 3.8) is 0 Å². The van der Waals surface area contributed by atoms with Gasteiger partial charge in [0.05, 0.1) is 11.4 Å². The Morgan fingerprint density at radius 3 is 2.66 bits per heavy atom. The normalized spacial score (nSPS) is 13.2. The highest BCUT2D eigenvalue weighted by Crippen LogP contribution is 2.28. The highest BCUT2D eigenvalue weighted by atomic mass is 19.1. The highest BCUT2D eigenvalue weighted by Gasteiger charge is 2.23. The summed E-state index contributed by atoms with van der Waals surface area (Å²) in [5.41, 5.74) is 6.59. The molecule has 2 heterocycles. The number of esters is 1. The van der Waals surface area contributed by atoms with Crippen molar-refractivity contribution in [1.82, 2.24) is 19.6 Å². The molecule has 0 fully saturated rings. The second-order valence-corrected chi connectivity index (χ2v) is 7.26. The molecular weight excluding hydrogens is 371 g/mol. The number of aryl methyl sites for hydroxylation is 2. The maximum atomic E-state index is 13.2. The number of carbonyl (C=O) groups is 1. The van der Waals surface area contributed by atoms with Gasteiger partial charge >= 0.3 is 5.97 Å². The first-order valence-corrected chi connectivity index (χ1v) is 9.64. The summed E-state index contributed by atoms with van der Waals surface area (Å²) in [6.07, 6.45) is 6.02. The maximum absolute atomic E-state index is 13.2. The van der Waals surface area contributed by atoms with Crippen LogP contribution in [0.25, 0.3) is 11.8 Å². The Hall–Kier alpha value is -3.22. The first kappa shape index (κ1) is 19.1. The summed E-state index contributed by atoms with van der Waals surface area (Å²) >= 11 is 0. The van der Waals surface area contributed by atoms with Gasteiger partial charge in [0.2, 0.25) is 0 Å². The molecule has 0 spiro atoms. The van der Waals surface area contributed by atoms with Crippen molar-refractivity contribution in [2.45, 2.75) is 39.7 Å². The number of ether oxygens (including phenoxy) is 1. The average molecular weight is 394 g/mol. The van der Waals surface area contributed by atoms with Crippen molar-refractivity contribution >= 4 is 12.0 Å². The Bertz CT molecular complexity index is 1090. The molecule has 0 aliphatic heterocycles. The molecule has 4 rings (SSSR count). The zero-order chi connectivity index (χ0) is 20.5. The van der Waals surface area contributed by atoms with E-state index in [0.29, 0.717) is 0 Å². The first-order chi connectivity index (χ1) is 13.9. The van der Waals surface area contributed by atoms with Gasteiger partial charge in [-0.15, -0.1) is 0 Å². The van der Waals surface area contributed by atoms with Gasteiger partial charge in [-0.25, -0.2) is 13.9 Å². The molecule has 7 heteroatoms. The van der Waals surface area contributed by atoms with E-state index in [0.717, 1.165) is 58.9 Å². The molecule has 1 aliphatic carbocycles. The van der Waals surface area contributed by atoms with E-state index in [1.807, 2.05) is 25.6 Å². The van der Waals surface area contributed by atoms with Crippen molar-refractivity contribution in [1.29, 1.82) is 0 Å². The van der Waals surface area contributed by atoms with E-state index < -0.39 is 5.97 Å². The number of rotatable bonds is 5. The van der Waals surface area contributed by atoms with Crippen LogP contribution in [0.4, 0.5) is 4.39 Å². The minimum absolute atomic E-state index is 0.116. The summed E-state index contributed by atoms with van der Waals surface area (Å²) < 4.78 is 22.3. The molecule has 0 radical (unpaired) electrons. The molecule has 6 nitrogen and oxygen atoms in total. The number of halogens is 1. The summed E-state index contributed by atoms with van der Waals surface area (Å²) in [5.74, 6) is -0.701. The van der Waals surface area contributed by atoms with E-state index >= 15 is 0 Å². The molecule has 2 aromatic heterocycles. The van der Waals surface area contributed by atoms with Crippen LogP contribution in [0.5, 0.6) is 0 Å². The standard InChI is InChI=1S/C22H23FN4O2/c1-14-18(15(2)26(3)24-14)11-12-22(28)29-13-20-19-5-4-6-21(19)27(25-20)17-9-7-16(23)8-10-17/h7-12H,4-6,13H2,1-3H3/b12-11+. The third-order valence-electron chi connectivity index (χ3n) is 5.39. The van der Waals surface area contributed by atoms with Gasteiger partial charge < -0.3 is 4.74 Å². The monoisotopic (exact) mass is 394 g/mol. The number of carbonyl (C=O) groups excluding carboxylic acids is 1. The minimum Gasteiger partial charge on any atom is -0.456 e. The molecular formula is C22H23FN4O2. The molecule has 1 aliphatic rings. The van der Waals surface area contributed by atoms with Crippen LogP contribution in [0, 0.1) is 19.7 Å². The van der Waals surface area contributed by atoms with Crippen LogP contribution >= 0.6 is 0 Å². The van der Waals surface area contributed by atoms with Crippen LogP contribution < -0.4 is 0 Å². The van der Waals surface area contributed by atoms with Crippen molar-refractivity contribution in [2.75, 3.05) is 0 Å². The van der Waals surface area contributed by atoms with Crippen LogP contribution in [0.2, 0.25) is 0 Å². The molecule has 150 valence electrons. The van der Waals surface area contributed by atoms with Crippen LogP contribution in [0.15, 0.2) is 30.3 Å². The van der Waals surface area contributed by atoms with Gasteiger partial charge in [0.25, 0.3) is 0 Å². The SMILES string of the molecule is Cc1nn(C)c(C)c1/C=C/C(=O)OCc1nn(-c2ccc(F)cc2)c2c1CCC2. The quantitative estimate of drug-likeness (QED) is 0.490. The molecule has 0 bridgehead atoms. The molecule has 0 unspecified atom stereocenters. The molecule has 29 heavy (non-hydrogen) atoms. The van der Waals surface area contributed by atoms with Gasteiger partial charge in [0.1, 0.15) is 18.1 Å². The third-order valence-corrected chi connectivity index (χ3v) is 5.39. The molecule has 0 saturated heterocycles. The topological polar surface area (TPSA) is 61.9 Å². The lowest BCUT2D eigenvalue weighted by atomic mass is 10.2. The number of hydrogen-bond donors (Lipinski definition) is 0. The minimum atomic E-state index is -0.421. The zero-order valence-electron chi connectivity index (χ0n) is 16.8. The molecule has 1 aromatic carbocycles. The lowest BCUT2D eigenvalue weighted by Gasteiger charge is -2.05. The summed E-state index contributed by atoms with van der Waals surface area (Å²) in [6, 6.07) is 6.26. The Morgan fingerprint density at radius 1 is 1.21 bits per heavy atom. The van der Waals surface area contributed by atoms with Gasteiger partial charge in [-0.1, -0.05) is 0 Å². The van der Waals surface area contributed by atoms with E-state index in [2.05, 4.69) is 10.2 Å². The number of fused-ring (bicyclic) bond motifs is 1. The van der Waals surface area contributed by atoms with Gasteiger partial charge in [0, 0.05) is 35.6 Å². The van der Waals surface area contributed by atoms with E-state index in [-0.39, 0.29) is 12.4 Å². The van der Waals surface area contributed by atoms with Crippen LogP contribution in [0.3, 0.4) is 0 Å². The van der Waals surface area contributed by atoms with Gasteiger partial charge in [-0.2, -0.15) is 10.2 Å². The van der Waals surface area contributed by atoms with E-state index in [9.17, 15) is 9.18 Å². The number of hydrogen-bond acceptors (Lipinski definition) is 4. The Balaban J connectivity index is 1.49.